The predicted octanol–water partition coefficient (Wildman–Crippen LogP) is 1.72. The number of carbonyl (C=O) groups excluding carboxylic acids is 1. The van der Waals surface area contributed by atoms with Gasteiger partial charge in [0.15, 0.2) is 0 Å². The summed E-state index contributed by atoms with van der Waals surface area (Å²) in [6.07, 6.45) is 0. The molecule has 0 aromatic heterocycles. The van der Waals surface area contributed by atoms with Crippen LogP contribution in [-0.4, -0.2) is 26.2 Å². The summed E-state index contributed by atoms with van der Waals surface area (Å²) in [5.74, 6) is -0.563. The van der Waals surface area contributed by atoms with Crippen molar-refractivity contribution in [3.63, 3.8) is 0 Å². The van der Waals surface area contributed by atoms with Gasteiger partial charge >= 0.3 is 5.97 Å². The summed E-state index contributed by atoms with van der Waals surface area (Å²) in [6.45, 7) is 1.35. The van der Waals surface area contributed by atoms with Crippen LogP contribution in [0, 0.1) is 11.7 Å². The van der Waals surface area contributed by atoms with Gasteiger partial charge in [0.1, 0.15) is 5.82 Å². The molecule has 94 valence electrons. The molecule has 0 bridgehead atoms. The second-order valence-electron chi connectivity index (χ2n) is 3.95. The number of methoxy groups -OCH3 is 1. The van der Waals surface area contributed by atoms with Crippen LogP contribution < -0.4 is 5.32 Å². The predicted molar refractivity (Wildman–Crippen MR) is 64.8 cm³/mol. The molecule has 17 heavy (non-hydrogen) atoms. The van der Waals surface area contributed by atoms with Crippen molar-refractivity contribution in [3.8, 4) is 0 Å². The van der Waals surface area contributed by atoms with Crippen molar-refractivity contribution in [1.82, 2.24) is 5.32 Å². The van der Waals surface area contributed by atoms with Crippen LogP contribution in [0.15, 0.2) is 24.3 Å². The van der Waals surface area contributed by atoms with Gasteiger partial charge in [-0.25, -0.2) is 4.39 Å². The van der Waals surface area contributed by atoms with Crippen LogP contribution in [0.4, 0.5) is 4.39 Å². The second kappa shape index (κ2) is 5.98. The van der Waals surface area contributed by atoms with Gasteiger partial charge in [-0.3, -0.25) is 4.79 Å². The lowest BCUT2D eigenvalue weighted by atomic mass is 9.89. The number of hydrogen-bond donors (Lipinski definition) is 1. The number of rotatable bonds is 2. The van der Waals surface area contributed by atoms with Crippen LogP contribution in [0.1, 0.15) is 11.5 Å². The Balaban J connectivity index is 0.00000144. The van der Waals surface area contributed by atoms with E-state index in [2.05, 4.69) is 5.32 Å². The molecule has 2 atom stereocenters. The van der Waals surface area contributed by atoms with E-state index in [-0.39, 0.29) is 36.0 Å². The maximum atomic E-state index is 12.8. The first-order valence-corrected chi connectivity index (χ1v) is 5.26. The van der Waals surface area contributed by atoms with Gasteiger partial charge in [-0.1, -0.05) is 12.1 Å². The number of ether oxygens (including phenoxy) is 1. The normalized spacial score (nSPS) is 22.9. The van der Waals surface area contributed by atoms with Crippen LogP contribution >= 0.6 is 12.4 Å². The van der Waals surface area contributed by atoms with Gasteiger partial charge in [0.05, 0.1) is 13.0 Å². The number of esters is 1. The number of hydrogen-bond acceptors (Lipinski definition) is 3. The zero-order valence-electron chi connectivity index (χ0n) is 9.48. The molecule has 1 aliphatic heterocycles. The summed E-state index contributed by atoms with van der Waals surface area (Å²) in [5, 5.41) is 3.16. The maximum Gasteiger partial charge on any atom is 0.310 e. The maximum absolute atomic E-state index is 12.8. The molecule has 1 saturated heterocycles. The third kappa shape index (κ3) is 2.96. The Morgan fingerprint density at radius 1 is 1.35 bits per heavy atom. The van der Waals surface area contributed by atoms with Crippen molar-refractivity contribution >= 4 is 18.4 Å². The number of benzene rings is 1. The zero-order valence-corrected chi connectivity index (χ0v) is 10.3. The van der Waals surface area contributed by atoms with Gasteiger partial charge < -0.3 is 10.1 Å². The lowest BCUT2D eigenvalue weighted by molar-refractivity contribution is -0.145. The summed E-state index contributed by atoms with van der Waals surface area (Å²) in [5.41, 5.74) is 0.974. The highest BCUT2D eigenvalue weighted by atomic mass is 35.5. The quantitative estimate of drug-likeness (QED) is 0.822. The fourth-order valence-electron chi connectivity index (χ4n) is 2.14. The monoisotopic (exact) mass is 259 g/mol. The molecule has 3 nitrogen and oxygen atoms in total. The van der Waals surface area contributed by atoms with Gasteiger partial charge in [-0.2, -0.15) is 0 Å². The van der Waals surface area contributed by atoms with Crippen LogP contribution in [0.2, 0.25) is 0 Å². The molecule has 1 aliphatic rings. The minimum Gasteiger partial charge on any atom is -0.469 e. The molecule has 1 fully saturated rings. The molecular formula is C12H15ClFNO2. The van der Waals surface area contributed by atoms with Crippen LogP contribution in [0.5, 0.6) is 0 Å². The fourth-order valence-corrected chi connectivity index (χ4v) is 2.14. The Kier molecular flexibility index (Phi) is 4.90. The molecule has 1 aromatic carbocycles. The van der Waals surface area contributed by atoms with Gasteiger partial charge in [0.25, 0.3) is 0 Å². The van der Waals surface area contributed by atoms with Crippen LogP contribution in [0.25, 0.3) is 0 Å². The molecule has 0 amide bonds. The van der Waals surface area contributed by atoms with E-state index in [1.807, 2.05) is 0 Å². The van der Waals surface area contributed by atoms with E-state index in [0.29, 0.717) is 6.54 Å². The molecule has 0 aliphatic carbocycles. The van der Waals surface area contributed by atoms with Crippen molar-refractivity contribution in [2.24, 2.45) is 5.92 Å². The average molecular weight is 260 g/mol. The molecule has 2 rings (SSSR count). The van der Waals surface area contributed by atoms with Crippen molar-refractivity contribution < 1.29 is 13.9 Å². The highest BCUT2D eigenvalue weighted by Gasteiger charge is 2.34. The van der Waals surface area contributed by atoms with Gasteiger partial charge in [0, 0.05) is 19.0 Å². The smallest absolute Gasteiger partial charge is 0.310 e. The number of nitrogens with one attached hydrogen (secondary N) is 1. The minimum absolute atomic E-state index is 0. The lowest BCUT2D eigenvalue weighted by Crippen LogP contribution is -2.22. The Hall–Kier alpha value is -1.13. The Morgan fingerprint density at radius 3 is 2.59 bits per heavy atom. The van der Waals surface area contributed by atoms with Crippen LogP contribution in [-0.2, 0) is 9.53 Å². The summed E-state index contributed by atoms with van der Waals surface area (Å²) in [7, 11) is 1.39. The molecule has 5 heteroatoms. The molecule has 0 unspecified atom stereocenters. The summed E-state index contributed by atoms with van der Waals surface area (Å²) in [6, 6.07) is 6.29. The third-order valence-corrected chi connectivity index (χ3v) is 3.02. The van der Waals surface area contributed by atoms with E-state index in [1.165, 1.54) is 19.2 Å². The van der Waals surface area contributed by atoms with E-state index < -0.39 is 0 Å². The Labute approximate surface area is 106 Å². The standard InChI is InChI=1S/C12H14FNO2.ClH/c1-16-12(15)11-7-14-6-10(11)8-2-4-9(13)5-3-8;/h2-5,10-11,14H,6-7H2,1H3;1H/t10-,11+;/m0./s1. The van der Waals surface area contributed by atoms with Gasteiger partial charge in [0.2, 0.25) is 0 Å². The van der Waals surface area contributed by atoms with Gasteiger partial charge in [-0.05, 0) is 17.7 Å². The first kappa shape index (κ1) is 13.9. The molecule has 1 heterocycles. The highest BCUT2D eigenvalue weighted by molar-refractivity contribution is 5.85. The van der Waals surface area contributed by atoms with E-state index in [4.69, 9.17) is 4.74 Å². The summed E-state index contributed by atoms with van der Waals surface area (Å²) < 4.78 is 17.5. The Bertz CT molecular complexity index is 383. The van der Waals surface area contributed by atoms with Crippen molar-refractivity contribution in [2.45, 2.75) is 5.92 Å². The van der Waals surface area contributed by atoms with Crippen molar-refractivity contribution in [3.05, 3.63) is 35.6 Å². The molecule has 1 N–H and O–H groups in total. The number of halogens is 2. The molecule has 1 aromatic rings. The van der Waals surface area contributed by atoms with Crippen LogP contribution in [0.3, 0.4) is 0 Å². The van der Waals surface area contributed by atoms with E-state index in [0.717, 1.165) is 12.1 Å². The van der Waals surface area contributed by atoms with E-state index >= 15 is 0 Å². The fraction of sp³-hybridized carbons (Fsp3) is 0.417. The second-order valence-corrected chi connectivity index (χ2v) is 3.95. The lowest BCUT2D eigenvalue weighted by Gasteiger charge is -2.16. The van der Waals surface area contributed by atoms with E-state index in [1.54, 1.807) is 12.1 Å². The summed E-state index contributed by atoms with van der Waals surface area (Å²) in [4.78, 5) is 11.5. The minimum atomic E-state index is -0.260. The highest BCUT2D eigenvalue weighted by Crippen LogP contribution is 2.28. The zero-order chi connectivity index (χ0) is 11.5. The van der Waals surface area contributed by atoms with E-state index in [9.17, 15) is 9.18 Å². The molecule has 0 saturated carbocycles. The molecule has 0 spiro atoms. The topological polar surface area (TPSA) is 38.3 Å². The Morgan fingerprint density at radius 2 is 2.00 bits per heavy atom. The molecular weight excluding hydrogens is 245 g/mol. The molecule has 0 radical (unpaired) electrons. The SMILES string of the molecule is COC(=O)[C@@H]1CNC[C@H]1c1ccc(F)cc1.Cl. The first-order chi connectivity index (χ1) is 7.72. The van der Waals surface area contributed by atoms with Crippen molar-refractivity contribution in [2.75, 3.05) is 20.2 Å². The van der Waals surface area contributed by atoms with Gasteiger partial charge in [-0.15, -0.1) is 12.4 Å². The number of carbonyl (C=O) groups is 1. The largest absolute Gasteiger partial charge is 0.469 e. The van der Waals surface area contributed by atoms with Crippen molar-refractivity contribution in [1.29, 1.82) is 0 Å². The average Bonchev–Trinajstić information content (AvgIpc) is 2.78. The summed E-state index contributed by atoms with van der Waals surface area (Å²) >= 11 is 0. The first-order valence-electron chi connectivity index (χ1n) is 5.26. The third-order valence-electron chi connectivity index (χ3n) is 3.02.